The Hall–Kier alpha value is -1.39. The summed E-state index contributed by atoms with van der Waals surface area (Å²) in [6.07, 6.45) is 2.08. The van der Waals surface area contributed by atoms with Crippen molar-refractivity contribution in [2.24, 2.45) is 0 Å². The quantitative estimate of drug-likeness (QED) is 0.861. The minimum atomic E-state index is -0.404. The van der Waals surface area contributed by atoms with E-state index in [1.165, 1.54) is 5.56 Å². The number of aliphatic hydroxyl groups is 1. The number of benzene rings is 1. The van der Waals surface area contributed by atoms with E-state index in [2.05, 4.69) is 24.4 Å². The molecule has 0 aliphatic carbocycles. The zero-order valence-corrected chi connectivity index (χ0v) is 12.2. The molecule has 1 aliphatic rings. The second kappa shape index (κ2) is 6.86. The first kappa shape index (κ1) is 15.0. The van der Waals surface area contributed by atoms with E-state index in [1.807, 2.05) is 30.1 Å². The maximum absolute atomic E-state index is 12.5. The SMILES string of the molecule is CCCC(c1ccccc1)N(C)C(=O)[C@@H]1CC(O)CN1. The maximum atomic E-state index is 12.5. The Balaban J connectivity index is 2.10. The van der Waals surface area contributed by atoms with Gasteiger partial charge in [-0.2, -0.15) is 0 Å². The molecule has 1 amide bonds. The Labute approximate surface area is 120 Å². The standard InChI is InChI=1S/C16H24N2O2/c1-3-7-15(12-8-5-4-6-9-12)18(2)16(20)14-10-13(19)11-17-14/h4-6,8-9,13-15,17,19H,3,7,10-11H2,1-2H3/t13?,14-,15?/m0/s1. The molecule has 4 nitrogen and oxygen atoms in total. The molecule has 1 aromatic carbocycles. The van der Waals surface area contributed by atoms with E-state index in [-0.39, 0.29) is 18.0 Å². The lowest BCUT2D eigenvalue weighted by molar-refractivity contribution is -0.134. The molecule has 110 valence electrons. The molecule has 1 saturated heterocycles. The summed E-state index contributed by atoms with van der Waals surface area (Å²) in [6, 6.07) is 10.00. The van der Waals surface area contributed by atoms with Gasteiger partial charge in [0.25, 0.3) is 0 Å². The van der Waals surface area contributed by atoms with Crippen LogP contribution in [0.3, 0.4) is 0 Å². The van der Waals surface area contributed by atoms with E-state index < -0.39 is 6.10 Å². The summed E-state index contributed by atoms with van der Waals surface area (Å²) in [6.45, 7) is 2.64. The van der Waals surface area contributed by atoms with Crippen LogP contribution in [0, 0.1) is 0 Å². The lowest BCUT2D eigenvalue weighted by atomic mass is 10.00. The van der Waals surface area contributed by atoms with Gasteiger partial charge < -0.3 is 15.3 Å². The van der Waals surface area contributed by atoms with E-state index in [4.69, 9.17) is 0 Å². The van der Waals surface area contributed by atoms with Crippen LogP contribution in [0.1, 0.15) is 37.8 Å². The van der Waals surface area contributed by atoms with E-state index in [9.17, 15) is 9.90 Å². The Kier molecular flexibility index (Phi) is 5.15. The number of hydrogen-bond donors (Lipinski definition) is 2. The van der Waals surface area contributed by atoms with E-state index in [1.54, 1.807) is 0 Å². The van der Waals surface area contributed by atoms with Crippen LogP contribution in [0.25, 0.3) is 0 Å². The number of carbonyl (C=O) groups excluding carboxylic acids is 1. The highest BCUT2D eigenvalue weighted by Gasteiger charge is 2.32. The molecule has 1 aliphatic heterocycles. The van der Waals surface area contributed by atoms with Gasteiger partial charge in [0.1, 0.15) is 0 Å². The summed E-state index contributed by atoms with van der Waals surface area (Å²) < 4.78 is 0. The lowest BCUT2D eigenvalue weighted by Gasteiger charge is -2.30. The molecule has 4 heteroatoms. The van der Waals surface area contributed by atoms with Gasteiger partial charge in [0.15, 0.2) is 0 Å². The van der Waals surface area contributed by atoms with E-state index >= 15 is 0 Å². The zero-order valence-electron chi connectivity index (χ0n) is 12.2. The van der Waals surface area contributed by atoms with Gasteiger partial charge in [-0.15, -0.1) is 0 Å². The lowest BCUT2D eigenvalue weighted by Crippen LogP contribution is -2.43. The summed E-state index contributed by atoms with van der Waals surface area (Å²) in [5.74, 6) is 0.0730. The summed E-state index contributed by atoms with van der Waals surface area (Å²) in [5.41, 5.74) is 1.17. The van der Waals surface area contributed by atoms with Crippen LogP contribution in [-0.4, -0.2) is 41.7 Å². The molecule has 3 atom stereocenters. The minimum absolute atomic E-state index is 0.0730. The van der Waals surface area contributed by atoms with Crippen LogP contribution < -0.4 is 5.32 Å². The highest BCUT2D eigenvalue weighted by molar-refractivity contribution is 5.82. The monoisotopic (exact) mass is 276 g/mol. The van der Waals surface area contributed by atoms with Crippen LogP contribution >= 0.6 is 0 Å². The normalized spacial score (nSPS) is 23.6. The van der Waals surface area contributed by atoms with Gasteiger partial charge in [0.05, 0.1) is 18.2 Å². The third kappa shape index (κ3) is 3.38. The summed E-state index contributed by atoms with van der Waals surface area (Å²) in [7, 11) is 1.86. The molecule has 2 rings (SSSR count). The van der Waals surface area contributed by atoms with Gasteiger partial charge in [-0.25, -0.2) is 0 Å². The molecule has 1 fully saturated rings. The van der Waals surface area contributed by atoms with Gasteiger partial charge in [0.2, 0.25) is 5.91 Å². The van der Waals surface area contributed by atoms with Crippen molar-refractivity contribution < 1.29 is 9.90 Å². The van der Waals surface area contributed by atoms with Crippen LogP contribution in [0.2, 0.25) is 0 Å². The van der Waals surface area contributed by atoms with E-state index in [0.717, 1.165) is 12.8 Å². The van der Waals surface area contributed by atoms with Crippen molar-refractivity contribution in [3.8, 4) is 0 Å². The Morgan fingerprint density at radius 2 is 2.15 bits per heavy atom. The molecule has 0 aromatic heterocycles. The van der Waals surface area contributed by atoms with Gasteiger partial charge in [-0.3, -0.25) is 4.79 Å². The van der Waals surface area contributed by atoms with Crippen molar-refractivity contribution >= 4 is 5.91 Å². The van der Waals surface area contributed by atoms with Gasteiger partial charge in [-0.1, -0.05) is 43.7 Å². The van der Waals surface area contributed by atoms with Gasteiger partial charge in [-0.05, 0) is 18.4 Å². The first-order valence-electron chi connectivity index (χ1n) is 7.36. The van der Waals surface area contributed by atoms with Crippen LogP contribution in [0.5, 0.6) is 0 Å². The maximum Gasteiger partial charge on any atom is 0.240 e. The molecule has 2 N–H and O–H groups in total. The fourth-order valence-corrected chi connectivity index (χ4v) is 2.84. The highest BCUT2D eigenvalue weighted by atomic mass is 16.3. The number of likely N-dealkylation sites (N-methyl/N-ethyl adjacent to an activating group) is 1. The van der Waals surface area contributed by atoms with Crippen molar-refractivity contribution in [2.75, 3.05) is 13.6 Å². The topological polar surface area (TPSA) is 52.6 Å². The summed E-state index contributed by atoms with van der Waals surface area (Å²) in [5, 5.41) is 12.7. The molecule has 0 radical (unpaired) electrons. The first-order chi connectivity index (χ1) is 9.63. The van der Waals surface area contributed by atoms with Gasteiger partial charge in [0, 0.05) is 13.6 Å². The molecular formula is C16H24N2O2. The molecule has 1 aromatic rings. The Morgan fingerprint density at radius 1 is 1.45 bits per heavy atom. The molecule has 1 heterocycles. The molecular weight excluding hydrogens is 252 g/mol. The molecule has 2 unspecified atom stereocenters. The molecule has 0 spiro atoms. The fourth-order valence-electron chi connectivity index (χ4n) is 2.84. The van der Waals surface area contributed by atoms with Crippen molar-refractivity contribution in [1.29, 1.82) is 0 Å². The predicted octanol–water partition coefficient (Wildman–Crippen LogP) is 1.71. The van der Waals surface area contributed by atoms with E-state index in [0.29, 0.717) is 13.0 Å². The number of hydrogen-bond acceptors (Lipinski definition) is 3. The summed E-state index contributed by atoms with van der Waals surface area (Å²) in [4.78, 5) is 14.4. The number of rotatable bonds is 5. The van der Waals surface area contributed by atoms with Gasteiger partial charge >= 0.3 is 0 Å². The predicted molar refractivity (Wildman–Crippen MR) is 79.3 cm³/mol. The third-order valence-electron chi connectivity index (χ3n) is 3.97. The van der Waals surface area contributed by atoms with Crippen molar-refractivity contribution in [2.45, 2.75) is 44.4 Å². The molecule has 0 bridgehead atoms. The number of β-amino-alcohol motifs (C(OH)–C–C–N with tert-alkyl or cyclic N) is 1. The molecule has 0 saturated carbocycles. The second-order valence-corrected chi connectivity index (χ2v) is 5.51. The number of nitrogens with zero attached hydrogens (tertiary/aromatic N) is 1. The highest BCUT2D eigenvalue weighted by Crippen LogP contribution is 2.25. The third-order valence-corrected chi connectivity index (χ3v) is 3.97. The number of carbonyl (C=O) groups is 1. The zero-order chi connectivity index (χ0) is 14.5. The number of aliphatic hydroxyl groups excluding tert-OH is 1. The Bertz CT molecular complexity index is 435. The average Bonchev–Trinajstić information content (AvgIpc) is 2.91. The largest absolute Gasteiger partial charge is 0.392 e. The smallest absolute Gasteiger partial charge is 0.240 e. The molecule has 20 heavy (non-hydrogen) atoms. The average molecular weight is 276 g/mol. The fraction of sp³-hybridized carbons (Fsp3) is 0.562. The number of nitrogens with one attached hydrogen (secondary N) is 1. The first-order valence-corrected chi connectivity index (χ1v) is 7.36. The number of amides is 1. The van der Waals surface area contributed by atoms with Crippen molar-refractivity contribution in [3.05, 3.63) is 35.9 Å². The van der Waals surface area contributed by atoms with Crippen LogP contribution in [0.4, 0.5) is 0 Å². The van der Waals surface area contributed by atoms with Crippen molar-refractivity contribution in [1.82, 2.24) is 10.2 Å². The second-order valence-electron chi connectivity index (χ2n) is 5.51. The summed E-state index contributed by atoms with van der Waals surface area (Å²) >= 11 is 0. The Morgan fingerprint density at radius 3 is 2.70 bits per heavy atom. The minimum Gasteiger partial charge on any atom is -0.392 e. The van der Waals surface area contributed by atoms with Crippen LogP contribution in [-0.2, 0) is 4.79 Å². The van der Waals surface area contributed by atoms with Crippen LogP contribution in [0.15, 0.2) is 30.3 Å². The van der Waals surface area contributed by atoms with Crippen molar-refractivity contribution in [3.63, 3.8) is 0 Å².